The average Bonchev–Trinajstić information content (AvgIpc) is 3.03. The Hall–Kier alpha value is -1.04. The zero-order valence-electron chi connectivity index (χ0n) is 19.5. The highest BCUT2D eigenvalue weighted by atomic mass is 14.5. The molecule has 0 heterocycles. The maximum Gasteiger partial charge on any atom is -0.0143 e. The van der Waals surface area contributed by atoms with Gasteiger partial charge in [0.1, 0.15) is 0 Å². The van der Waals surface area contributed by atoms with Gasteiger partial charge in [0.05, 0.1) is 0 Å². The lowest BCUT2D eigenvalue weighted by Crippen LogP contribution is -2.33. The van der Waals surface area contributed by atoms with Gasteiger partial charge in [-0.05, 0) is 99.4 Å². The molecule has 3 aliphatic carbocycles. The zero-order chi connectivity index (χ0) is 20.6. The zero-order valence-corrected chi connectivity index (χ0v) is 19.5. The fourth-order valence-electron chi connectivity index (χ4n) is 5.76. The minimum atomic E-state index is 0.536. The fourth-order valence-corrected chi connectivity index (χ4v) is 5.76. The molecule has 0 nitrogen and oxygen atoms in total. The van der Waals surface area contributed by atoms with Crippen LogP contribution in [0.5, 0.6) is 0 Å². The van der Waals surface area contributed by atoms with E-state index in [1.165, 1.54) is 81.8 Å². The molecule has 3 aliphatic rings. The van der Waals surface area contributed by atoms with Crippen molar-refractivity contribution in [1.82, 2.24) is 0 Å². The van der Waals surface area contributed by atoms with Crippen molar-refractivity contribution < 1.29 is 0 Å². The lowest BCUT2D eigenvalue weighted by atomic mass is 9.63. The summed E-state index contributed by atoms with van der Waals surface area (Å²) in [7, 11) is 0. The van der Waals surface area contributed by atoms with Crippen molar-refractivity contribution in [1.29, 1.82) is 0 Å². The van der Waals surface area contributed by atoms with Gasteiger partial charge < -0.3 is 0 Å². The summed E-state index contributed by atoms with van der Waals surface area (Å²) in [6.45, 7) is 15.5. The van der Waals surface area contributed by atoms with Crippen molar-refractivity contribution in [2.24, 2.45) is 23.2 Å². The molecule has 0 saturated heterocycles. The van der Waals surface area contributed by atoms with Gasteiger partial charge in [-0.2, -0.15) is 0 Å². The number of fused-ring (bicyclic) bond motifs is 1. The molecular formula is C28H46. The number of hydrogen-bond acceptors (Lipinski definition) is 0. The van der Waals surface area contributed by atoms with Gasteiger partial charge >= 0.3 is 0 Å². The molecule has 3 atom stereocenters. The summed E-state index contributed by atoms with van der Waals surface area (Å²) >= 11 is 0. The van der Waals surface area contributed by atoms with E-state index in [9.17, 15) is 0 Å². The lowest BCUT2D eigenvalue weighted by molar-refractivity contribution is 0.137. The van der Waals surface area contributed by atoms with Gasteiger partial charge in [0.25, 0.3) is 0 Å². The van der Waals surface area contributed by atoms with Gasteiger partial charge in [-0.25, -0.2) is 0 Å². The second-order valence-corrected chi connectivity index (χ2v) is 9.77. The minimum absolute atomic E-state index is 0.536. The quantitative estimate of drug-likeness (QED) is 0.416. The Kier molecular flexibility index (Phi) is 9.32. The van der Waals surface area contributed by atoms with Crippen LogP contribution in [0.1, 0.15) is 105 Å². The lowest BCUT2D eigenvalue weighted by Gasteiger charge is -2.42. The largest absolute Gasteiger partial charge is 0.0956 e. The molecule has 3 rings (SSSR count). The Morgan fingerprint density at radius 3 is 2.46 bits per heavy atom. The highest BCUT2D eigenvalue weighted by Gasteiger charge is 2.48. The van der Waals surface area contributed by atoms with Gasteiger partial charge in [-0.1, -0.05) is 76.6 Å². The summed E-state index contributed by atoms with van der Waals surface area (Å²) in [6, 6.07) is 0. The third kappa shape index (κ3) is 5.74. The molecule has 0 N–H and O–H groups in total. The predicted octanol–water partition coefficient (Wildman–Crippen LogP) is 9.20. The van der Waals surface area contributed by atoms with Crippen molar-refractivity contribution in [2.45, 2.75) is 105 Å². The maximum absolute atomic E-state index is 4.30. The van der Waals surface area contributed by atoms with E-state index in [1.54, 1.807) is 5.57 Å². The summed E-state index contributed by atoms with van der Waals surface area (Å²) in [6.07, 6.45) is 24.5. The molecule has 3 fully saturated rings. The molecule has 28 heavy (non-hydrogen) atoms. The molecule has 0 aromatic carbocycles. The molecule has 0 bridgehead atoms. The van der Waals surface area contributed by atoms with Crippen molar-refractivity contribution >= 4 is 0 Å². The Morgan fingerprint density at radius 2 is 1.75 bits per heavy atom. The second-order valence-electron chi connectivity index (χ2n) is 9.77. The van der Waals surface area contributed by atoms with Gasteiger partial charge in [-0.3, -0.25) is 0 Å². The third-order valence-electron chi connectivity index (χ3n) is 7.48. The predicted molar refractivity (Wildman–Crippen MR) is 127 cm³/mol. The van der Waals surface area contributed by atoms with Crippen LogP contribution in [0.4, 0.5) is 0 Å². The highest BCUT2D eigenvalue weighted by molar-refractivity contribution is 5.35. The Morgan fingerprint density at radius 1 is 1.00 bits per heavy atom. The highest BCUT2D eigenvalue weighted by Crippen LogP contribution is 2.58. The van der Waals surface area contributed by atoms with E-state index in [1.807, 2.05) is 13.8 Å². The first-order valence-corrected chi connectivity index (χ1v) is 12.2. The molecule has 0 amide bonds. The normalized spacial score (nSPS) is 33.4. The average molecular weight is 383 g/mol. The van der Waals surface area contributed by atoms with Crippen LogP contribution >= 0.6 is 0 Å². The van der Waals surface area contributed by atoms with Crippen LogP contribution in [0.15, 0.2) is 47.6 Å². The van der Waals surface area contributed by atoms with Crippen LogP contribution in [-0.2, 0) is 0 Å². The van der Waals surface area contributed by atoms with Crippen molar-refractivity contribution in [2.75, 3.05) is 0 Å². The SMILES string of the molecule is C=C1CCCC/C1=C/C=C1\CCCC2(C)C(C/C=C/CC(C)C)CCC12.CC. The van der Waals surface area contributed by atoms with Crippen molar-refractivity contribution in [3.63, 3.8) is 0 Å². The Labute approximate surface area is 176 Å². The second kappa shape index (κ2) is 11.2. The summed E-state index contributed by atoms with van der Waals surface area (Å²) in [4.78, 5) is 0. The fraction of sp³-hybridized carbons (Fsp3) is 0.714. The van der Waals surface area contributed by atoms with Crippen LogP contribution in [0.25, 0.3) is 0 Å². The molecule has 0 aromatic heterocycles. The van der Waals surface area contributed by atoms with Crippen LogP contribution in [-0.4, -0.2) is 0 Å². The number of rotatable bonds is 5. The maximum atomic E-state index is 4.30. The van der Waals surface area contributed by atoms with Gasteiger partial charge in [0.2, 0.25) is 0 Å². The van der Waals surface area contributed by atoms with Gasteiger partial charge in [-0.15, -0.1) is 0 Å². The molecule has 0 spiro atoms. The first kappa shape index (κ1) is 23.2. The van der Waals surface area contributed by atoms with Crippen molar-refractivity contribution in [3.05, 3.63) is 47.6 Å². The molecular weight excluding hydrogens is 336 g/mol. The first-order valence-electron chi connectivity index (χ1n) is 12.2. The van der Waals surface area contributed by atoms with E-state index in [0.29, 0.717) is 5.41 Å². The van der Waals surface area contributed by atoms with Crippen LogP contribution in [0.3, 0.4) is 0 Å². The molecule has 0 radical (unpaired) electrons. The first-order chi connectivity index (χ1) is 13.5. The molecule has 3 saturated carbocycles. The van der Waals surface area contributed by atoms with Gasteiger partial charge in [0.15, 0.2) is 0 Å². The van der Waals surface area contributed by atoms with Crippen molar-refractivity contribution in [3.8, 4) is 0 Å². The van der Waals surface area contributed by atoms with E-state index in [2.05, 4.69) is 51.7 Å². The van der Waals surface area contributed by atoms with E-state index in [4.69, 9.17) is 0 Å². The molecule has 158 valence electrons. The molecule has 3 unspecified atom stereocenters. The van der Waals surface area contributed by atoms with E-state index >= 15 is 0 Å². The van der Waals surface area contributed by atoms with Gasteiger partial charge in [0, 0.05) is 0 Å². The van der Waals surface area contributed by atoms with E-state index in [-0.39, 0.29) is 0 Å². The number of hydrogen-bond donors (Lipinski definition) is 0. The van der Waals surface area contributed by atoms with Crippen LogP contribution in [0, 0.1) is 23.2 Å². The Bertz CT molecular complexity index is 585. The molecule has 0 heteroatoms. The smallest absolute Gasteiger partial charge is 0.0143 e. The number of allylic oxidation sites excluding steroid dienone is 7. The summed E-state index contributed by atoms with van der Waals surface area (Å²) in [5.41, 5.74) is 5.21. The topological polar surface area (TPSA) is 0 Å². The summed E-state index contributed by atoms with van der Waals surface area (Å²) in [5, 5.41) is 0. The van der Waals surface area contributed by atoms with E-state index < -0.39 is 0 Å². The third-order valence-corrected chi connectivity index (χ3v) is 7.48. The van der Waals surface area contributed by atoms with Crippen LogP contribution in [0.2, 0.25) is 0 Å². The summed E-state index contributed by atoms with van der Waals surface area (Å²) < 4.78 is 0. The summed E-state index contributed by atoms with van der Waals surface area (Å²) in [5.74, 6) is 2.50. The van der Waals surface area contributed by atoms with E-state index in [0.717, 1.165) is 17.8 Å². The molecule has 0 aromatic rings. The Balaban J connectivity index is 0.00000136. The van der Waals surface area contributed by atoms with Crippen LogP contribution < -0.4 is 0 Å². The minimum Gasteiger partial charge on any atom is -0.0956 e. The monoisotopic (exact) mass is 382 g/mol. The standard InChI is InChI=1S/C26H40.C2H6/c1-20(2)10-5-8-14-24-17-18-25-23(13-9-19-26(24,25)4)16-15-22-12-7-6-11-21(22)3;1-2/h5,8,15-16,20,24-25H,3,6-7,9-14,17-19H2,1-2,4H3;1-2H3/b8-5+,22-15-,23-16+;. The molecule has 0 aliphatic heterocycles.